The van der Waals surface area contributed by atoms with E-state index >= 15 is 0 Å². The Labute approximate surface area is 202 Å². The van der Waals surface area contributed by atoms with Crippen LogP contribution in [0.5, 0.6) is 5.75 Å². The van der Waals surface area contributed by atoms with E-state index in [1.165, 1.54) is 24.8 Å². The minimum Gasteiger partial charge on any atom is -0.489 e. The average molecular weight is 461 g/mol. The van der Waals surface area contributed by atoms with Crippen molar-refractivity contribution in [2.45, 2.75) is 89.3 Å². The fraction of sp³-hybridized carbons (Fsp3) is 0.586. The molecule has 1 N–H and O–H groups in total. The van der Waals surface area contributed by atoms with Crippen molar-refractivity contribution in [3.63, 3.8) is 0 Å². The largest absolute Gasteiger partial charge is 0.489 e. The Balaban J connectivity index is 1.31. The van der Waals surface area contributed by atoms with E-state index in [9.17, 15) is 15.2 Å². The molecule has 2 bridgehead atoms. The minimum absolute atomic E-state index is 0.184. The Morgan fingerprint density at radius 1 is 1.09 bits per heavy atom. The summed E-state index contributed by atoms with van der Waals surface area (Å²) in [6.45, 7) is 3.25. The van der Waals surface area contributed by atoms with Crippen LogP contribution in [-0.2, 0) is 11.2 Å². The molecule has 180 valence electrons. The van der Waals surface area contributed by atoms with E-state index in [-0.39, 0.29) is 12.0 Å². The minimum atomic E-state index is -0.629. The summed E-state index contributed by atoms with van der Waals surface area (Å²) in [5.41, 5.74) is 1.88. The standard InChI is InChI=1S/C29H36N2O3/c1-19-5-10-25(11-6-19)34-28-12-9-21-8-7-20(15-26(21)27(28)18-30)13-14-31-23-3-2-4-24(31)17-22(16-23)29(32)33/h7-9,12,15,19,22-25H,2-6,10-11,13-14,16-17H2,1H3,(H,32,33). The fourth-order valence-corrected chi connectivity index (χ4v) is 6.55. The number of aliphatic carboxylic acids is 1. The molecule has 0 radical (unpaired) electrons. The van der Waals surface area contributed by atoms with E-state index in [0.29, 0.717) is 17.6 Å². The summed E-state index contributed by atoms with van der Waals surface area (Å²) in [6, 6.07) is 13.7. The molecule has 5 heteroatoms. The van der Waals surface area contributed by atoms with Gasteiger partial charge >= 0.3 is 5.97 Å². The maximum Gasteiger partial charge on any atom is 0.306 e. The summed E-state index contributed by atoms with van der Waals surface area (Å²) in [5, 5.41) is 21.6. The van der Waals surface area contributed by atoms with Gasteiger partial charge in [0.1, 0.15) is 17.4 Å². The maximum absolute atomic E-state index is 11.6. The Kier molecular flexibility index (Phi) is 6.79. The number of nitrogens with zero attached hydrogens (tertiary/aromatic N) is 2. The van der Waals surface area contributed by atoms with E-state index in [1.807, 2.05) is 6.07 Å². The van der Waals surface area contributed by atoms with Crippen LogP contribution in [0.25, 0.3) is 10.8 Å². The highest BCUT2D eigenvalue weighted by Gasteiger charge is 2.40. The summed E-state index contributed by atoms with van der Waals surface area (Å²) < 4.78 is 6.33. The summed E-state index contributed by atoms with van der Waals surface area (Å²) >= 11 is 0. The van der Waals surface area contributed by atoms with Crippen LogP contribution in [-0.4, -0.2) is 40.7 Å². The van der Waals surface area contributed by atoms with Crippen LogP contribution in [0.15, 0.2) is 30.3 Å². The third kappa shape index (κ3) is 4.79. The summed E-state index contributed by atoms with van der Waals surface area (Å²) in [6.07, 6.45) is 10.6. The number of fused-ring (bicyclic) bond motifs is 3. The normalized spacial score (nSPS) is 29.5. The fourth-order valence-electron chi connectivity index (χ4n) is 6.55. The molecule has 5 nitrogen and oxygen atoms in total. The highest BCUT2D eigenvalue weighted by molar-refractivity contribution is 5.90. The van der Waals surface area contributed by atoms with Crippen molar-refractivity contribution in [3.05, 3.63) is 41.5 Å². The Bertz CT molecular complexity index is 1070. The Morgan fingerprint density at radius 2 is 1.79 bits per heavy atom. The monoisotopic (exact) mass is 460 g/mol. The quantitative estimate of drug-likeness (QED) is 0.578. The van der Waals surface area contributed by atoms with Gasteiger partial charge in [-0.1, -0.05) is 31.5 Å². The molecule has 2 aromatic carbocycles. The second kappa shape index (κ2) is 9.96. The van der Waals surface area contributed by atoms with Crippen molar-refractivity contribution in [2.24, 2.45) is 11.8 Å². The molecule has 2 heterocycles. The van der Waals surface area contributed by atoms with Crippen LogP contribution < -0.4 is 4.74 Å². The van der Waals surface area contributed by atoms with Gasteiger partial charge in [-0.2, -0.15) is 5.26 Å². The molecule has 0 aromatic heterocycles. The number of hydrogen-bond acceptors (Lipinski definition) is 4. The molecule has 0 spiro atoms. The van der Waals surface area contributed by atoms with Crippen LogP contribution in [0.3, 0.4) is 0 Å². The van der Waals surface area contributed by atoms with E-state index in [2.05, 4.69) is 42.2 Å². The number of carboxylic acids is 1. The molecule has 2 aromatic rings. The zero-order valence-corrected chi connectivity index (χ0v) is 20.2. The lowest BCUT2D eigenvalue weighted by Crippen LogP contribution is -2.53. The second-order valence-corrected chi connectivity index (χ2v) is 10.8. The molecule has 0 amide bonds. The predicted octanol–water partition coefficient (Wildman–Crippen LogP) is 5.93. The summed E-state index contributed by atoms with van der Waals surface area (Å²) in [5.74, 6) is 0.674. The molecule has 2 unspecified atom stereocenters. The van der Waals surface area contributed by atoms with E-state index < -0.39 is 5.97 Å². The van der Waals surface area contributed by atoms with Gasteiger partial charge in [-0.15, -0.1) is 0 Å². The van der Waals surface area contributed by atoms with Gasteiger partial charge in [-0.05, 0) is 86.8 Å². The van der Waals surface area contributed by atoms with Crippen molar-refractivity contribution < 1.29 is 14.6 Å². The zero-order valence-electron chi connectivity index (χ0n) is 20.2. The number of nitriles is 1. The van der Waals surface area contributed by atoms with Gasteiger partial charge in [0.25, 0.3) is 0 Å². The lowest BCUT2D eigenvalue weighted by molar-refractivity contribution is -0.146. The first-order valence-electron chi connectivity index (χ1n) is 13.1. The number of rotatable bonds is 6. The van der Waals surface area contributed by atoms with Crippen molar-refractivity contribution in [3.8, 4) is 11.8 Å². The number of ether oxygens (including phenoxy) is 1. The molecule has 2 atom stereocenters. The van der Waals surface area contributed by atoms with E-state index in [1.54, 1.807) is 0 Å². The molecule has 5 rings (SSSR count). The number of carbonyl (C=O) groups is 1. The molecule has 34 heavy (non-hydrogen) atoms. The highest BCUT2D eigenvalue weighted by Crippen LogP contribution is 2.37. The van der Waals surface area contributed by atoms with Crippen molar-refractivity contribution in [2.75, 3.05) is 6.54 Å². The molecule has 1 aliphatic carbocycles. The Morgan fingerprint density at radius 3 is 2.47 bits per heavy atom. The van der Waals surface area contributed by atoms with Crippen LogP contribution in [0.2, 0.25) is 0 Å². The summed E-state index contributed by atoms with van der Waals surface area (Å²) in [7, 11) is 0. The predicted molar refractivity (Wildman–Crippen MR) is 133 cm³/mol. The van der Waals surface area contributed by atoms with Gasteiger partial charge < -0.3 is 9.84 Å². The number of carboxylic acid groups (broad SMARTS) is 1. The Hall–Kier alpha value is -2.58. The third-order valence-electron chi connectivity index (χ3n) is 8.55. The van der Waals surface area contributed by atoms with Gasteiger partial charge in [0.2, 0.25) is 0 Å². The average Bonchev–Trinajstić information content (AvgIpc) is 2.83. The SMILES string of the molecule is CC1CCC(Oc2ccc3ccc(CCN4C5CCCC4CC(C(=O)O)C5)cc3c2C#N)CC1. The van der Waals surface area contributed by atoms with E-state index in [4.69, 9.17) is 4.74 Å². The van der Waals surface area contributed by atoms with E-state index in [0.717, 1.165) is 73.9 Å². The second-order valence-electron chi connectivity index (χ2n) is 10.8. The lowest BCUT2D eigenvalue weighted by Gasteiger charge is -2.48. The van der Waals surface area contributed by atoms with Gasteiger partial charge in [0.05, 0.1) is 12.0 Å². The molecule has 2 aliphatic heterocycles. The van der Waals surface area contributed by atoms with Crippen molar-refractivity contribution in [1.82, 2.24) is 4.90 Å². The van der Waals surface area contributed by atoms with Crippen LogP contribution in [0.1, 0.15) is 75.8 Å². The van der Waals surface area contributed by atoms with Gasteiger partial charge in [0.15, 0.2) is 0 Å². The molecular weight excluding hydrogens is 424 g/mol. The summed E-state index contributed by atoms with van der Waals surface area (Å²) in [4.78, 5) is 14.1. The third-order valence-corrected chi connectivity index (χ3v) is 8.55. The van der Waals surface area contributed by atoms with Crippen molar-refractivity contribution in [1.29, 1.82) is 5.26 Å². The zero-order chi connectivity index (χ0) is 23.7. The number of benzene rings is 2. The first kappa shape index (κ1) is 23.2. The molecule has 1 saturated carbocycles. The smallest absolute Gasteiger partial charge is 0.306 e. The molecule has 3 aliphatic rings. The van der Waals surface area contributed by atoms with Gasteiger partial charge in [-0.3, -0.25) is 9.69 Å². The van der Waals surface area contributed by atoms with Gasteiger partial charge in [0, 0.05) is 24.0 Å². The first-order chi connectivity index (χ1) is 16.5. The van der Waals surface area contributed by atoms with Crippen LogP contribution >= 0.6 is 0 Å². The topological polar surface area (TPSA) is 73.6 Å². The highest BCUT2D eigenvalue weighted by atomic mass is 16.5. The number of hydrogen-bond donors (Lipinski definition) is 1. The first-order valence-corrected chi connectivity index (χ1v) is 13.1. The number of piperidine rings is 2. The van der Waals surface area contributed by atoms with Crippen LogP contribution in [0, 0.1) is 23.2 Å². The molecule has 2 saturated heterocycles. The molecule has 3 fully saturated rings. The lowest BCUT2D eigenvalue weighted by atomic mass is 9.78. The maximum atomic E-state index is 11.6. The van der Waals surface area contributed by atoms with Gasteiger partial charge in [-0.25, -0.2) is 0 Å². The van der Waals surface area contributed by atoms with Crippen LogP contribution in [0.4, 0.5) is 0 Å². The van der Waals surface area contributed by atoms with Crippen molar-refractivity contribution >= 4 is 16.7 Å². The molecular formula is C29H36N2O3.